The Kier molecular flexibility index (Phi) is 6.55. The van der Waals surface area contributed by atoms with E-state index in [2.05, 4.69) is 10.4 Å². The highest BCUT2D eigenvalue weighted by Crippen LogP contribution is 2.29. The van der Waals surface area contributed by atoms with Gasteiger partial charge in [0, 0.05) is 16.8 Å². The fourth-order valence-corrected chi connectivity index (χ4v) is 2.83. The molecule has 0 saturated carbocycles. The van der Waals surface area contributed by atoms with Crippen LogP contribution in [0.4, 0.5) is 5.69 Å². The zero-order valence-electron chi connectivity index (χ0n) is 15.8. The first-order chi connectivity index (χ1) is 13.6. The Morgan fingerprint density at radius 1 is 1.07 bits per heavy atom. The Labute approximate surface area is 169 Å². The third-order valence-electron chi connectivity index (χ3n) is 3.95. The number of benzene rings is 2. The number of ether oxygens (including phenoxy) is 2. The molecule has 3 aromatic rings. The van der Waals surface area contributed by atoms with Crippen LogP contribution >= 0.6 is 11.6 Å². The average Bonchev–Trinajstić information content (AvgIpc) is 3.11. The highest BCUT2D eigenvalue weighted by molar-refractivity contribution is 6.30. The molecule has 2 aromatic carbocycles. The van der Waals surface area contributed by atoms with E-state index in [1.54, 1.807) is 41.3 Å². The summed E-state index contributed by atoms with van der Waals surface area (Å²) in [5.41, 5.74) is 2.17. The lowest BCUT2D eigenvalue weighted by Crippen LogP contribution is -2.11. The third-order valence-corrected chi connectivity index (χ3v) is 4.20. The van der Waals surface area contributed by atoms with Gasteiger partial charge in [-0.25, -0.2) is 0 Å². The van der Waals surface area contributed by atoms with E-state index in [0.29, 0.717) is 41.8 Å². The molecule has 0 unspecified atom stereocenters. The number of carbonyl (C=O) groups is 1. The minimum absolute atomic E-state index is 0.212. The maximum atomic E-state index is 12.3. The minimum Gasteiger partial charge on any atom is -0.490 e. The summed E-state index contributed by atoms with van der Waals surface area (Å²) in [5, 5.41) is 7.74. The zero-order chi connectivity index (χ0) is 19.9. The summed E-state index contributed by atoms with van der Waals surface area (Å²) in [6.07, 6.45) is 3.40. The van der Waals surface area contributed by atoms with Crippen LogP contribution in [0.25, 0.3) is 0 Å². The molecule has 0 aliphatic rings. The van der Waals surface area contributed by atoms with Gasteiger partial charge < -0.3 is 14.8 Å². The normalized spacial score (nSPS) is 10.5. The molecule has 0 radical (unpaired) electrons. The maximum Gasteiger partial charge on any atom is 0.255 e. The summed E-state index contributed by atoms with van der Waals surface area (Å²) in [6.45, 7) is 5.56. The molecule has 0 bridgehead atoms. The van der Waals surface area contributed by atoms with Crippen molar-refractivity contribution in [1.82, 2.24) is 9.78 Å². The van der Waals surface area contributed by atoms with Gasteiger partial charge >= 0.3 is 0 Å². The first kappa shape index (κ1) is 19.8. The van der Waals surface area contributed by atoms with Gasteiger partial charge in [-0.1, -0.05) is 17.7 Å². The molecule has 28 heavy (non-hydrogen) atoms. The molecule has 6 nitrogen and oxygen atoms in total. The van der Waals surface area contributed by atoms with Gasteiger partial charge in [-0.2, -0.15) is 5.10 Å². The van der Waals surface area contributed by atoms with Crippen LogP contribution in [-0.2, 0) is 6.54 Å². The molecular weight excluding hydrogens is 378 g/mol. The van der Waals surface area contributed by atoms with E-state index in [1.165, 1.54) is 0 Å². The Morgan fingerprint density at radius 2 is 1.79 bits per heavy atom. The first-order valence-corrected chi connectivity index (χ1v) is 9.44. The summed E-state index contributed by atoms with van der Waals surface area (Å²) in [5.74, 6) is 1.23. The summed E-state index contributed by atoms with van der Waals surface area (Å²) >= 11 is 5.85. The lowest BCUT2D eigenvalue weighted by molar-refractivity contribution is 0.102. The number of halogens is 1. The topological polar surface area (TPSA) is 65.4 Å². The second-order valence-electron chi connectivity index (χ2n) is 6.03. The van der Waals surface area contributed by atoms with Crippen LogP contribution in [0.1, 0.15) is 29.8 Å². The Hall–Kier alpha value is -2.99. The maximum absolute atomic E-state index is 12.3. The molecule has 0 aliphatic carbocycles. The van der Waals surface area contributed by atoms with Crippen LogP contribution in [0.2, 0.25) is 5.02 Å². The van der Waals surface area contributed by atoms with E-state index in [1.807, 2.05) is 32.0 Å². The van der Waals surface area contributed by atoms with E-state index < -0.39 is 0 Å². The predicted molar refractivity (Wildman–Crippen MR) is 110 cm³/mol. The molecule has 3 rings (SSSR count). The summed E-state index contributed by atoms with van der Waals surface area (Å²) < 4.78 is 13.0. The van der Waals surface area contributed by atoms with Crippen molar-refractivity contribution in [3.05, 3.63) is 71.0 Å². The Balaban J connectivity index is 1.68. The molecule has 7 heteroatoms. The van der Waals surface area contributed by atoms with Crippen molar-refractivity contribution in [1.29, 1.82) is 0 Å². The van der Waals surface area contributed by atoms with Crippen LogP contribution in [-0.4, -0.2) is 28.9 Å². The van der Waals surface area contributed by atoms with Crippen molar-refractivity contribution in [3.8, 4) is 11.5 Å². The van der Waals surface area contributed by atoms with Crippen molar-refractivity contribution in [2.75, 3.05) is 18.5 Å². The van der Waals surface area contributed by atoms with Crippen molar-refractivity contribution in [2.45, 2.75) is 20.4 Å². The molecule has 146 valence electrons. The SMILES string of the molecule is CCOc1ccc(Cn2cc(NC(=O)c3ccc(Cl)cc3)cn2)cc1OCC. The van der Waals surface area contributed by atoms with Crippen molar-refractivity contribution < 1.29 is 14.3 Å². The first-order valence-electron chi connectivity index (χ1n) is 9.07. The number of nitrogens with zero attached hydrogens (tertiary/aromatic N) is 2. The summed E-state index contributed by atoms with van der Waals surface area (Å²) in [6, 6.07) is 12.5. The summed E-state index contributed by atoms with van der Waals surface area (Å²) in [4.78, 5) is 12.3. The Bertz CT molecular complexity index is 938. The Morgan fingerprint density at radius 3 is 2.50 bits per heavy atom. The highest BCUT2D eigenvalue weighted by Gasteiger charge is 2.10. The van der Waals surface area contributed by atoms with E-state index >= 15 is 0 Å². The molecule has 1 N–H and O–H groups in total. The quantitative estimate of drug-likeness (QED) is 0.599. The van der Waals surface area contributed by atoms with E-state index in [4.69, 9.17) is 21.1 Å². The standard InChI is InChI=1S/C21H22ClN3O3/c1-3-27-19-10-5-15(11-20(19)28-4-2)13-25-14-18(12-23-25)24-21(26)16-6-8-17(22)9-7-16/h5-12,14H,3-4,13H2,1-2H3,(H,24,26). The van der Waals surface area contributed by atoms with Crippen LogP contribution in [0.3, 0.4) is 0 Å². The van der Waals surface area contributed by atoms with Gasteiger partial charge in [0.2, 0.25) is 0 Å². The molecule has 1 aromatic heterocycles. The second-order valence-corrected chi connectivity index (χ2v) is 6.47. The molecule has 0 fully saturated rings. The van der Waals surface area contributed by atoms with E-state index in [0.717, 1.165) is 11.3 Å². The fraction of sp³-hybridized carbons (Fsp3) is 0.238. The number of rotatable bonds is 8. The predicted octanol–water partition coefficient (Wildman–Crippen LogP) is 4.63. The van der Waals surface area contributed by atoms with Gasteiger partial charge in [-0.3, -0.25) is 9.48 Å². The van der Waals surface area contributed by atoms with Crippen LogP contribution in [0.5, 0.6) is 11.5 Å². The number of anilines is 1. The smallest absolute Gasteiger partial charge is 0.255 e. The number of hydrogen-bond acceptors (Lipinski definition) is 4. The van der Waals surface area contributed by atoms with Crippen LogP contribution in [0.15, 0.2) is 54.9 Å². The third kappa shape index (κ3) is 5.04. The molecular formula is C21H22ClN3O3. The summed E-state index contributed by atoms with van der Waals surface area (Å²) in [7, 11) is 0. The van der Waals surface area contributed by atoms with E-state index in [-0.39, 0.29) is 5.91 Å². The van der Waals surface area contributed by atoms with Gasteiger partial charge in [0.05, 0.1) is 31.6 Å². The van der Waals surface area contributed by atoms with Gasteiger partial charge in [0.15, 0.2) is 11.5 Å². The lowest BCUT2D eigenvalue weighted by atomic mass is 10.2. The van der Waals surface area contributed by atoms with Crippen LogP contribution in [0, 0.1) is 0 Å². The minimum atomic E-state index is -0.212. The highest BCUT2D eigenvalue weighted by atomic mass is 35.5. The molecule has 0 atom stereocenters. The average molecular weight is 400 g/mol. The van der Waals surface area contributed by atoms with Crippen molar-refractivity contribution in [2.24, 2.45) is 0 Å². The molecule has 1 heterocycles. The monoisotopic (exact) mass is 399 g/mol. The number of hydrogen-bond donors (Lipinski definition) is 1. The number of nitrogens with one attached hydrogen (secondary N) is 1. The van der Waals surface area contributed by atoms with Crippen molar-refractivity contribution >= 4 is 23.2 Å². The largest absolute Gasteiger partial charge is 0.490 e. The van der Waals surface area contributed by atoms with Crippen molar-refractivity contribution in [3.63, 3.8) is 0 Å². The van der Waals surface area contributed by atoms with Crippen LogP contribution < -0.4 is 14.8 Å². The number of amides is 1. The molecule has 0 spiro atoms. The van der Waals surface area contributed by atoms with Gasteiger partial charge in [0.1, 0.15) is 0 Å². The zero-order valence-corrected chi connectivity index (χ0v) is 16.6. The molecule has 1 amide bonds. The molecule has 0 saturated heterocycles. The van der Waals surface area contributed by atoms with E-state index in [9.17, 15) is 4.79 Å². The lowest BCUT2D eigenvalue weighted by Gasteiger charge is -2.12. The van der Waals surface area contributed by atoms with Gasteiger partial charge in [0.25, 0.3) is 5.91 Å². The number of aromatic nitrogens is 2. The van der Waals surface area contributed by atoms with Gasteiger partial charge in [-0.15, -0.1) is 0 Å². The second kappa shape index (κ2) is 9.28. The number of carbonyl (C=O) groups excluding carboxylic acids is 1. The van der Waals surface area contributed by atoms with Gasteiger partial charge in [-0.05, 0) is 55.8 Å². The fourth-order valence-electron chi connectivity index (χ4n) is 2.70. The molecule has 0 aliphatic heterocycles.